The van der Waals surface area contributed by atoms with Gasteiger partial charge in [-0.2, -0.15) is 0 Å². The van der Waals surface area contributed by atoms with Gasteiger partial charge in [0.15, 0.2) is 0 Å². The second-order valence-corrected chi connectivity index (χ2v) is 6.52. The SMILES string of the molecule is Fc1cccc(CNC2CCCCC2NCc2cccc(F)c2)c1. The van der Waals surface area contributed by atoms with Gasteiger partial charge in [0.25, 0.3) is 0 Å². The number of nitrogens with one attached hydrogen (secondary N) is 2. The molecule has 2 N–H and O–H groups in total. The van der Waals surface area contributed by atoms with Crippen LogP contribution in [-0.4, -0.2) is 12.1 Å². The van der Waals surface area contributed by atoms with E-state index in [1.165, 1.54) is 25.0 Å². The van der Waals surface area contributed by atoms with Crippen molar-refractivity contribution in [3.63, 3.8) is 0 Å². The van der Waals surface area contributed by atoms with Crippen LogP contribution < -0.4 is 10.6 Å². The Labute approximate surface area is 142 Å². The van der Waals surface area contributed by atoms with Gasteiger partial charge in [-0.1, -0.05) is 37.1 Å². The van der Waals surface area contributed by atoms with E-state index in [2.05, 4.69) is 10.6 Å². The standard InChI is InChI=1S/C20H24F2N2/c21-17-7-3-5-15(11-17)13-23-19-9-1-2-10-20(19)24-14-16-6-4-8-18(22)12-16/h3-8,11-12,19-20,23-24H,1-2,9-10,13-14H2. The molecule has 0 aliphatic heterocycles. The van der Waals surface area contributed by atoms with E-state index < -0.39 is 0 Å². The lowest BCUT2D eigenvalue weighted by atomic mass is 9.90. The summed E-state index contributed by atoms with van der Waals surface area (Å²) in [5.74, 6) is -0.391. The molecular formula is C20H24F2N2. The molecule has 2 aromatic rings. The average Bonchev–Trinajstić information content (AvgIpc) is 2.59. The van der Waals surface area contributed by atoms with Crippen LogP contribution in [0.2, 0.25) is 0 Å². The minimum Gasteiger partial charge on any atom is -0.308 e. The van der Waals surface area contributed by atoms with Gasteiger partial charge in [0.1, 0.15) is 11.6 Å². The smallest absolute Gasteiger partial charge is 0.123 e. The lowest BCUT2D eigenvalue weighted by Gasteiger charge is -2.33. The van der Waals surface area contributed by atoms with Crippen molar-refractivity contribution >= 4 is 0 Å². The fourth-order valence-corrected chi connectivity index (χ4v) is 3.41. The van der Waals surface area contributed by atoms with Crippen molar-refractivity contribution in [2.45, 2.75) is 50.9 Å². The Kier molecular flexibility index (Phi) is 5.94. The Balaban J connectivity index is 1.55. The summed E-state index contributed by atoms with van der Waals surface area (Å²) in [4.78, 5) is 0. The normalized spacial score (nSPS) is 20.9. The molecule has 0 aromatic heterocycles. The first-order valence-electron chi connectivity index (χ1n) is 8.66. The van der Waals surface area contributed by atoms with Gasteiger partial charge in [0.2, 0.25) is 0 Å². The maximum atomic E-state index is 13.3. The molecule has 3 rings (SSSR count). The van der Waals surface area contributed by atoms with Gasteiger partial charge in [-0.05, 0) is 48.2 Å². The van der Waals surface area contributed by atoms with Crippen LogP contribution in [0.1, 0.15) is 36.8 Å². The zero-order valence-electron chi connectivity index (χ0n) is 13.8. The largest absolute Gasteiger partial charge is 0.308 e. The topological polar surface area (TPSA) is 24.1 Å². The Morgan fingerprint density at radius 3 is 1.62 bits per heavy atom. The molecule has 2 nitrogen and oxygen atoms in total. The molecule has 24 heavy (non-hydrogen) atoms. The van der Waals surface area contributed by atoms with Crippen molar-refractivity contribution in [3.8, 4) is 0 Å². The third-order valence-electron chi connectivity index (χ3n) is 4.68. The predicted octanol–water partition coefficient (Wildman–Crippen LogP) is 4.16. The van der Waals surface area contributed by atoms with Crippen LogP contribution in [0, 0.1) is 11.6 Å². The number of halogens is 2. The Bertz CT molecular complexity index is 602. The second kappa shape index (κ2) is 8.36. The summed E-state index contributed by atoms with van der Waals surface area (Å²) in [6.45, 7) is 1.33. The Morgan fingerprint density at radius 2 is 1.21 bits per heavy atom. The van der Waals surface area contributed by atoms with Crippen LogP contribution in [0.5, 0.6) is 0 Å². The first-order chi connectivity index (χ1) is 11.7. The predicted molar refractivity (Wildman–Crippen MR) is 92.5 cm³/mol. The van der Waals surface area contributed by atoms with E-state index in [4.69, 9.17) is 0 Å². The monoisotopic (exact) mass is 330 g/mol. The summed E-state index contributed by atoms with van der Waals surface area (Å²) >= 11 is 0. The van der Waals surface area contributed by atoms with E-state index in [1.807, 2.05) is 12.1 Å². The van der Waals surface area contributed by atoms with Gasteiger partial charge in [-0.25, -0.2) is 8.78 Å². The molecule has 1 fully saturated rings. The van der Waals surface area contributed by atoms with E-state index in [0.29, 0.717) is 25.2 Å². The minimum absolute atomic E-state index is 0.196. The summed E-state index contributed by atoms with van der Waals surface area (Å²) in [7, 11) is 0. The zero-order chi connectivity index (χ0) is 16.8. The third-order valence-corrected chi connectivity index (χ3v) is 4.68. The lowest BCUT2D eigenvalue weighted by Crippen LogP contribution is -2.49. The lowest BCUT2D eigenvalue weighted by molar-refractivity contribution is 0.281. The molecule has 0 radical (unpaired) electrons. The molecule has 0 heterocycles. The van der Waals surface area contributed by atoms with Gasteiger partial charge in [0, 0.05) is 25.2 Å². The van der Waals surface area contributed by atoms with Crippen LogP contribution in [0.15, 0.2) is 48.5 Å². The van der Waals surface area contributed by atoms with Crippen LogP contribution in [-0.2, 0) is 13.1 Å². The molecule has 0 amide bonds. The molecule has 0 spiro atoms. The molecule has 4 heteroatoms. The number of rotatable bonds is 6. The van der Waals surface area contributed by atoms with E-state index in [0.717, 1.165) is 24.0 Å². The van der Waals surface area contributed by atoms with Crippen LogP contribution >= 0.6 is 0 Å². The maximum absolute atomic E-state index is 13.3. The van der Waals surface area contributed by atoms with Crippen molar-refractivity contribution in [3.05, 3.63) is 71.3 Å². The molecule has 2 atom stereocenters. The maximum Gasteiger partial charge on any atom is 0.123 e. The van der Waals surface area contributed by atoms with Crippen molar-refractivity contribution in [1.82, 2.24) is 10.6 Å². The van der Waals surface area contributed by atoms with E-state index in [9.17, 15) is 8.78 Å². The molecule has 0 bridgehead atoms. The van der Waals surface area contributed by atoms with E-state index in [-0.39, 0.29) is 11.6 Å². The fraction of sp³-hybridized carbons (Fsp3) is 0.400. The van der Waals surface area contributed by atoms with Crippen molar-refractivity contribution in [2.24, 2.45) is 0 Å². The van der Waals surface area contributed by atoms with Gasteiger partial charge in [-0.3, -0.25) is 0 Å². The van der Waals surface area contributed by atoms with E-state index in [1.54, 1.807) is 24.3 Å². The van der Waals surface area contributed by atoms with Crippen LogP contribution in [0.3, 0.4) is 0 Å². The number of hydrogen-bond acceptors (Lipinski definition) is 2. The van der Waals surface area contributed by atoms with Crippen LogP contribution in [0.25, 0.3) is 0 Å². The summed E-state index contributed by atoms with van der Waals surface area (Å²) in [5.41, 5.74) is 1.92. The zero-order valence-corrected chi connectivity index (χ0v) is 13.8. The molecule has 1 aliphatic rings. The van der Waals surface area contributed by atoms with Crippen molar-refractivity contribution in [2.75, 3.05) is 0 Å². The van der Waals surface area contributed by atoms with Gasteiger partial charge in [0.05, 0.1) is 0 Å². The highest BCUT2D eigenvalue weighted by Gasteiger charge is 2.24. The average molecular weight is 330 g/mol. The molecule has 2 unspecified atom stereocenters. The highest BCUT2D eigenvalue weighted by atomic mass is 19.1. The van der Waals surface area contributed by atoms with Crippen LogP contribution in [0.4, 0.5) is 8.78 Å². The molecule has 0 saturated heterocycles. The molecule has 1 saturated carbocycles. The third kappa shape index (κ3) is 4.86. The Hall–Kier alpha value is -1.78. The van der Waals surface area contributed by atoms with E-state index >= 15 is 0 Å². The molecular weight excluding hydrogens is 306 g/mol. The van der Waals surface area contributed by atoms with Crippen molar-refractivity contribution in [1.29, 1.82) is 0 Å². The number of hydrogen-bond donors (Lipinski definition) is 2. The number of benzene rings is 2. The fourth-order valence-electron chi connectivity index (χ4n) is 3.41. The second-order valence-electron chi connectivity index (χ2n) is 6.52. The molecule has 2 aromatic carbocycles. The molecule has 1 aliphatic carbocycles. The first kappa shape index (κ1) is 17.1. The van der Waals surface area contributed by atoms with Crippen molar-refractivity contribution < 1.29 is 8.78 Å². The van der Waals surface area contributed by atoms with Gasteiger partial charge < -0.3 is 10.6 Å². The quantitative estimate of drug-likeness (QED) is 0.831. The molecule has 128 valence electrons. The summed E-state index contributed by atoms with van der Waals surface area (Å²) in [6.07, 6.45) is 4.63. The first-order valence-corrected chi connectivity index (χ1v) is 8.66. The van der Waals surface area contributed by atoms with Gasteiger partial charge in [-0.15, -0.1) is 0 Å². The minimum atomic E-state index is -0.196. The summed E-state index contributed by atoms with van der Waals surface area (Å²) in [6, 6.07) is 14.2. The highest BCUT2D eigenvalue weighted by Crippen LogP contribution is 2.20. The van der Waals surface area contributed by atoms with Gasteiger partial charge >= 0.3 is 0 Å². The highest BCUT2D eigenvalue weighted by molar-refractivity contribution is 5.17. The summed E-state index contributed by atoms with van der Waals surface area (Å²) in [5, 5.41) is 7.12. The Morgan fingerprint density at radius 1 is 0.750 bits per heavy atom. The summed E-state index contributed by atoms with van der Waals surface area (Å²) < 4.78 is 26.6.